The van der Waals surface area contributed by atoms with Crippen LogP contribution >= 0.6 is 11.6 Å². The van der Waals surface area contributed by atoms with Crippen molar-refractivity contribution < 1.29 is 4.79 Å². The predicted molar refractivity (Wildman–Crippen MR) is 114 cm³/mol. The molecule has 4 rings (SSSR count). The number of nitrogens with zero attached hydrogens (tertiary/aromatic N) is 3. The highest BCUT2D eigenvalue weighted by Crippen LogP contribution is 2.19. The number of fused-ring (bicyclic) bond motifs is 1. The van der Waals surface area contributed by atoms with Crippen molar-refractivity contribution >= 4 is 34.1 Å². The van der Waals surface area contributed by atoms with Crippen LogP contribution in [0.2, 0.25) is 5.02 Å². The van der Waals surface area contributed by atoms with Crippen molar-refractivity contribution in [3.8, 4) is 0 Å². The average Bonchev–Trinajstić information content (AvgIpc) is 2.74. The molecule has 2 heterocycles. The minimum Gasteiger partial charge on any atom is -0.369 e. The van der Waals surface area contributed by atoms with E-state index >= 15 is 0 Å². The van der Waals surface area contributed by atoms with E-state index in [9.17, 15) is 4.79 Å². The Hall–Kier alpha value is -2.63. The number of rotatable bonds is 5. The minimum atomic E-state index is -0.120. The molecule has 3 aromatic rings. The van der Waals surface area contributed by atoms with Gasteiger partial charge in [-0.1, -0.05) is 35.9 Å². The van der Waals surface area contributed by atoms with Gasteiger partial charge in [0.05, 0.1) is 5.52 Å². The molecule has 0 saturated carbocycles. The van der Waals surface area contributed by atoms with E-state index in [0.29, 0.717) is 12.2 Å². The van der Waals surface area contributed by atoms with E-state index < -0.39 is 0 Å². The van der Waals surface area contributed by atoms with E-state index in [2.05, 4.69) is 32.2 Å². The lowest BCUT2D eigenvalue weighted by atomic mass is 10.2. The van der Waals surface area contributed by atoms with Gasteiger partial charge >= 0.3 is 0 Å². The van der Waals surface area contributed by atoms with Crippen molar-refractivity contribution in [2.45, 2.75) is 0 Å². The first-order valence-electron chi connectivity index (χ1n) is 9.56. The lowest BCUT2D eigenvalue weighted by molar-refractivity contribution is 0.0943. The second-order valence-electron chi connectivity index (χ2n) is 6.95. The van der Waals surface area contributed by atoms with E-state index in [1.807, 2.05) is 42.5 Å². The molecule has 0 bridgehead atoms. The number of pyridine rings is 1. The monoisotopic (exact) mass is 394 g/mol. The molecule has 1 saturated heterocycles. The maximum atomic E-state index is 12.4. The molecule has 0 atom stereocenters. The number of hydrogen-bond acceptors (Lipinski definition) is 4. The Kier molecular flexibility index (Phi) is 5.74. The number of carbonyl (C=O) groups is 1. The van der Waals surface area contributed by atoms with Gasteiger partial charge in [-0.25, -0.2) is 4.98 Å². The minimum absolute atomic E-state index is 0.120. The summed E-state index contributed by atoms with van der Waals surface area (Å²) in [5.74, 6) is -0.120. The van der Waals surface area contributed by atoms with Crippen molar-refractivity contribution in [3.05, 3.63) is 71.4 Å². The van der Waals surface area contributed by atoms with Crippen LogP contribution in [0.1, 0.15) is 10.5 Å². The third-order valence-corrected chi connectivity index (χ3v) is 5.36. The van der Waals surface area contributed by atoms with Crippen LogP contribution in [0.4, 0.5) is 5.69 Å². The van der Waals surface area contributed by atoms with Crippen LogP contribution in [0.25, 0.3) is 10.9 Å². The number of benzene rings is 2. The molecule has 5 nitrogen and oxygen atoms in total. The van der Waals surface area contributed by atoms with Gasteiger partial charge in [0.2, 0.25) is 0 Å². The summed E-state index contributed by atoms with van der Waals surface area (Å²) in [5, 5.41) is 4.79. The number of para-hydroxylation sites is 1. The quantitative estimate of drug-likeness (QED) is 0.720. The summed E-state index contributed by atoms with van der Waals surface area (Å²) in [6.07, 6.45) is 0. The molecule has 28 heavy (non-hydrogen) atoms. The molecule has 2 aromatic carbocycles. The second kappa shape index (κ2) is 8.59. The van der Waals surface area contributed by atoms with Crippen molar-refractivity contribution in [3.63, 3.8) is 0 Å². The zero-order valence-corrected chi connectivity index (χ0v) is 16.4. The molecule has 0 radical (unpaired) electrons. The molecule has 6 heteroatoms. The highest BCUT2D eigenvalue weighted by atomic mass is 35.5. The molecule has 1 aliphatic heterocycles. The van der Waals surface area contributed by atoms with Crippen LogP contribution in [0.15, 0.2) is 60.7 Å². The van der Waals surface area contributed by atoms with Gasteiger partial charge in [0.15, 0.2) is 0 Å². The molecule has 0 aliphatic carbocycles. The van der Waals surface area contributed by atoms with Crippen molar-refractivity contribution in [2.24, 2.45) is 0 Å². The fourth-order valence-electron chi connectivity index (χ4n) is 3.49. The molecular weight excluding hydrogens is 372 g/mol. The van der Waals surface area contributed by atoms with Gasteiger partial charge in [-0.2, -0.15) is 0 Å². The first-order valence-corrected chi connectivity index (χ1v) is 9.94. The lowest BCUT2D eigenvalue weighted by Gasteiger charge is -2.36. The van der Waals surface area contributed by atoms with E-state index in [1.54, 1.807) is 6.07 Å². The van der Waals surface area contributed by atoms with Gasteiger partial charge in [-0.15, -0.1) is 0 Å². The number of halogens is 1. The Morgan fingerprint density at radius 1 is 0.964 bits per heavy atom. The van der Waals surface area contributed by atoms with Crippen molar-refractivity contribution in [1.82, 2.24) is 15.2 Å². The van der Waals surface area contributed by atoms with E-state index in [4.69, 9.17) is 11.6 Å². The maximum absolute atomic E-state index is 12.4. The normalized spacial score (nSPS) is 15.0. The number of amides is 1. The average molecular weight is 395 g/mol. The largest absolute Gasteiger partial charge is 0.369 e. The third-order valence-electron chi connectivity index (χ3n) is 5.11. The van der Waals surface area contributed by atoms with Gasteiger partial charge in [0.25, 0.3) is 5.91 Å². The molecule has 0 spiro atoms. The zero-order chi connectivity index (χ0) is 19.3. The summed E-state index contributed by atoms with van der Waals surface area (Å²) < 4.78 is 0. The molecule has 1 aliphatic rings. The number of piperazine rings is 1. The molecule has 144 valence electrons. The number of hydrogen-bond donors (Lipinski definition) is 1. The number of anilines is 1. The summed E-state index contributed by atoms with van der Waals surface area (Å²) in [6, 6.07) is 19.5. The van der Waals surface area contributed by atoms with Crippen LogP contribution in [-0.4, -0.2) is 55.1 Å². The summed E-state index contributed by atoms with van der Waals surface area (Å²) in [7, 11) is 0. The van der Waals surface area contributed by atoms with Crippen LogP contribution in [0.5, 0.6) is 0 Å². The molecular formula is C22H23ClN4O. The highest BCUT2D eigenvalue weighted by molar-refractivity contribution is 6.30. The molecule has 1 aromatic heterocycles. The van der Waals surface area contributed by atoms with Crippen molar-refractivity contribution in [1.29, 1.82) is 0 Å². The van der Waals surface area contributed by atoms with Crippen molar-refractivity contribution in [2.75, 3.05) is 44.2 Å². The molecule has 1 amide bonds. The van der Waals surface area contributed by atoms with Crippen LogP contribution in [0, 0.1) is 0 Å². The summed E-state index contributed by atoms with van der Waals surface area (Å²) >= 11 is 5.96. The SMILES string of the molecule is O=C(NCCN1CCN(c2ccc(Cl)cc2)CC1)c1ccc2ccccc2n1. The van der Waals surface area contributed by atoms with E-state index in [1.165, 1.54) is 5.69 Å². The highest BCUT2D eigenvalue weighted by Gasteiger charge is 2.17. The van der Waals surface area contributed by atoms with Crippen LogP contribution in [0.3, 0.4) is 0 Å². The van der Waals surface area contributed by atoms with Gasteiger partial charge in [-0.3, -0.25) is 9.69 Å². The Morgan fingerprint density at radius 2 is 1.71 bits per heavy atom. The first-order chi connectivity index (χ1) is 13.7. The van der Waals surface area contributed by atoms with Gasteiger partial charge in [0.1, 0.15) is 5.69 Å². The Bertz CT molecular complexity index is 952. The number of aromatic nitrogens is 1. The standard InChI is InChI=1S/C22H23ClN4O/c23-18-6-8-19(9-7-18)27-15-13-26(14-16-27)12-11-24-22(28)21-10-5-17-3-1-2-4-20(17)25-21/h1-10H,11-16H2,(H,24,28). The lowest BCUT2D eigenvalue weighted by Crippen LogP contribution is -2.48. The first kappa shape index (κ1) is 18.7. The van der Waals surface area contributed by atoms with Gasteiger partial charge in [0, 0.05) is 55.4 Å². The molecule has 1 N–H and O–H groups in total. The molecule has 0 unspecified atom stereocenters. The van der Waals surface area contributed by atoms with Crippen LogP contribution in [-0.2, 0) is 0 Å². The topological polar surface area (TPSA) is 48.5 Å². The molecule has 1 fully saturated rings. The van der Waals surface area contributed by atoms with E-state index in [0.717, 1.165) is 48.6 Å². The predicted octanol–water partition coefficient (Wildman–Crippen LogP) is 3.44. The van der Waals surface area contributed by atoms with E-state index in [-0.39, 0.29) is 5.91 Å². The second-order valence-corrected chi connectivity index (χ2v) is 7.39. The smallest absolute Gasteiger partial charge is 0.269 e. The van der Waals surface area contributed by atoms with Gasteiger partial charge < -0.3 is 10.2 Å². The fourth-order valence-corrected chi connectivity index (χ4v) is 3.62. The maximum Gasteiger partial charge on any atom is 0.269 e. The number of carbonyl (C=O) groups excluding carboxylic acids is 1. The van der Waals surface area contributed by atoms with Crippen LogP contribution < -0.4 is 10.2 Å². The Morgan fingerprint density at radius 3 is 2.50 bits per heavy atom. The Balaban J connectivity index is 1.24. The Labute approximate surface area is 169 Å². The number of nitrogens with one attached hydrogen (secondary N) is 1. The third kappa shape index (κ3) is 4.43. The van der Waals surface area contributed by atoms with Gasteiger partial charge in [-0.05, 0) is 36.4 Å². The summed E-state index contributed by atoms with van der Waals surface area (Å²) in [6.45, 7) is 5.37. The summed E-state index contributed by atoms with van der Waals surface area (Å²) in [4.78, 5) is 21.6. The fraction of sp³-hybridized carbons (Fsp3) is 0.273. The zero-order valence-electron chi connectivity index (χ0n) is 15.6. The summed E-state index contributed by atoms with van der Waals surface area (Å²) in [5.41, 5.74) is 2.51.